The summed E-state index contributed by atoms with van der Waals surface area (Å²) in [5.41, 5.74) is -0.232. The molecule has 1 spiro atoms. The van der Waals surface area contributed by atoms with Gasteiger partial charge in [0, 0.05) is 33.2 Å². The lowest BCUT2D eigenvalue weighted by Gasteiger charge is -2.37. The van der Waals surface area contributed by atoms with Crippen LogP contribution < -0.4 is 0 Å². The molecule has 2 atom stereocenters. The molecule has 2 heterocycles. The van der Waals surface area contributed by atoms with Crippen molar-refractivity contribution in [3.8, 4) is 6.07 Å². The number of carbonyl (C=O) groups excluding carboxylic acids is 1. The standard InChI is InChI=1S/C12H18N2O3/c1-16-10-3-7-17-12(8-10)4-6-14(9-12)11(15)2-5-13/h10H,2-4,6-9H2,1H3/t10-,12+/m0/s1. The second-order valence-corrected chi connectivity index (χ2v) is 4.78. The second-order valence-electron chi connectivity index (χ2n) is 4.78. The second kappa shape index (κ2) is 5.03. The van der Waals surface area contributed by atoms with Gasteiger partial charge in [-0.25, -0.2) is 0 Å². The van der Waals surface area contributed by atoms with E-state index in [1.165, 1.54) is 0 Å². The van der Waals surface area contributed by atoms with E-state index >= 15 is 0 Å². The molecule has 2 fully saturated rings. The number of hydrogen-bond acceptors (Lipinski definition) is 4. The first-order valence-electron chi connectivity index (χ1n) is 6.00. The monoisotopic (exact) mass is 238 g/mol. The maximum atomic E-state index is 11.6. The minimum Gasteiger partial charge on any atom is -0.381 e. The highest BCUT2D eigenvalue weighted by Crippen LogP contribution is 2.35. The van der Waals surface area contributed by atoms with Crippen molar-refractivity contribution < 1.29 is 14.3 Å². The summed E-state index contributed by atoms with van der Waals surface area (Å²) in [5, 5.41) is 8.53. The van der Waals surface area contributed by atoms with Crippen molar-refractivity contribution in [2.75, 3.05) is 26.8 Å². The van der Waals surface area contributed by atoms with Gasteiger partial charge in [0.1, 0.15) is 6.42 Å². The first-order valence-corrected chi connectivity index (χ1v) is 6.00. The third-order valence-electron chi connectivity index (χ3n) is 3.68. The van der Waals surface area contributed by atoms with Gasteiger partial charge in [-0.05, 0) is 12.8 Å². The molecule has 2 aliphatic rings. The molecule has 5 nitrogen and oxygen atoms in total. The van der Waals surface area contributed by atoms with E-state index in [1.54, 1.807) is 12.0 Å². The maximum Gasteiger partial charge on any atom is 0.236 e. The van der Waals surface area contributed by atoms with Crippen LogP contribution in [0.3, 0.4) is 0 Å². The van der Waals surface area contributed by atoms with E-state index in [0.29, 0.717) is 19.7 Å². The number of carbonyl (C=O) groups is 1. The minimum atomic E-state index is -0.232. The van der Waals surface area contributed by atoms with Crippen LogP contribution in [0.1, 0.15) is 25.7 Å². The lowest BCUT2D eigenvalue weighted by Crippen LogP contribution is -2.45. The topological polar surface area (TPSA) is 62.6 Å². The molecule has 2 rings (SSSR count). The minimum absolute atomic E-state index is 0.0379. The van der Waals surface area contributed by atoms with Crippen LogP contribution in [-0.2, 0) is 14.3 Å². The van der Waals surface area contributed by atoms with E-state index in [-0.39, 0.29) is 24.0 Å². The molecule has 0 N–H and O–H groups in total. The highest BCUT2D eigenvalue weighted by Gasteiger charge is 2.44. The van der Waals surface area contributed by atoms with Crippen LogP contribution in [0.25, 0.3) is 0 Å². The van der Waals surface area contributed by atoms with Gasteiger partial charge >= 0.3 is 0 Å². The zero-order valence-electron chi connectivity index (χ0n) is 10.1. The lowest BCUT2D eigenvalue weighted by atomic mass is 9.91. The molecule has 0 unspecified atom stereocenters. The number of amides is 1. The van der Waals surface area contributed by atoms with Gasteiger partial charge in [-0.2, -0.15) is 5.26 Å². The van der Waals surface area contributed by atoms with E-state index in [0.717, 1.165) is 19.3 Å². The van der Waals surface area contributed by atoms with Crippen molar-refractivity contribution in [3.05, 3.63) is 0 Å². The van der Waals surface area contributed by atoms with E-state index in [9.17, 15) is 4.79 Å². The number of nitriles is 1. The van der Waals surface area contributed by atoms with Crippen LogP contribution in [0, 0.1) is 11.3 Å². The summed E-state index contributed by atoms with van der Waals surface area (Å²) in [6.07, 6.45) is 2.81. The molecule has 5 heteroatoms. The summed E-state index contributed by atoms with van der Waals surface area (Å²) in [6, 6.07) is 1.90. The Bertz CT molecular complexity index is 339. The fourth-order valence-corrected chi connectivity index (χ4v) is 2.71. The molecule has 0 aromatic rings. The SMILES string of the molecule is CO[C@H]1CCO[C@]2(CCN(C(=O)CC#N)C2)C1. The third kappa shape index (κ3) is 2.59. The van der Waals surface area contributed by atoms with Crippen LogP contribution in [0.4, 0.5) is 0 Å². The van der Waals surface area contributed by atoms with Crippen LogP contribution in [0.5, 0.6) is 0 Å². The molecule has 1 amide bonds. The molecule has 0 aromatic carbocycles. The van der Waals surface area contributed by atoms with E-state index in [2.05, 4.69) is 0 Å². The molecule has 2 saturated heterocycles. The van der Waals surface area contributed by atoms with Gasteiger partial charge in [0.2, 0.25) is 5.91 Å². The molecule has 2 aliphatic heterocycles. The molecular weight excluding hydrogens is 220 g/mol. The first kappa shape index (κ1) is 12.3. The van der Waals surface area contributed by atoms with Crippen LogP contribution in [0.2, 0.25) is 0 Å². The lowest BCUT2D eigenvalue weighted by molar-refractivity contribution is -0.136. The van der Waals surface area contributed by atoms with E-state index in [4.69, 9.17) is 14.7 Å². The predicted octanol–water partition coefficient (Wildman–Crippen LogP) is 0.697. The Labute approximate surface area is 101 Å². The maximum absolute atomic E-state index is 11.6. The van der Waals surface area contributed by atoms with Gasteiger partial charge in [0.05, 0.1) is 17.8 Å². The van der Waals surface area contributed by atoms with Gasteiger partial charge in [-0.15, -0.1) is 0 Å². The number of hydrogen-bond donors (Lipinski definition) is 0. The third-order valence-corrected chi connectivity index (χ3v) is 3.68. The zero-order chi connectivity index (χ0) is 12.3. The molecule has 94 valence electrons. The average molecular weight is 238 g/mol. The Morgan fingerprint density at radius 2 is 2.53 bits per heavy atom. The summed E-state index contributed by atoms with van der Waals surface area (Å²) in [5.74, 6) is -0.0903. The van der Waals surface area contributed by atoms with Crippen molar-refractivity contribution in [1.82, 2.24) is 4.90 Å². The van der Waals surface area contributed by atoms with E-state index < -0.39 is 0 Å². The first-order chi connectivity index (χ1) is 8.19. The Hall–Kier alpha value is -1.12. The molecule has 0 saturated carbocycles. The van der Waals surface area contributed by atoms with Crippen molar-refractivity contribution in [1.29, 1.82) is 5.26 Å². The van der Waals surface area contributed by atoms with Gasteiger partial charge in [0.15, 0.2) is 0 Å². The summed E-state index contributed by atoms with van der Waals surface area (Å²) in [7, 11) is 1.72. The molecule has 0 aromatic heterocycles. The molecule has 17 heavy (non-hydrogen) atoms. The van der Waals surface area contributed by atoms with Crippen LogP contribution in [-0.4, -0.2) is 49.3 Å². The van der Waals surface area contributed by atoms with Gasteiger partial charge in [-0.3, -0.25) is 4.79 Å². The van der Waals surface area contributed by atoms with E-state index in [1.807, 2.05) is 6.07 Å². The largest absolute Gasteiger partial charge is 0.381 e. The van der Waals surface area contributed by atoms with Gasteiger partial charge < -0.3 is 14.4 Å². The number of ether oxygens (including phenoxy) is 2. The number of methoxy groups -OCH3 is 1. The van der Waals surface area contributed by atoms with Crippen molar-refractivity contribution in [2.24, 2.45) is 0 Å². The fourth-order valence-electron chi connectivity index (χ4n) is 2.71. The van der Waals surface area contributed by atoms with Crippen LogP contribution in [0.15, 0.2) is 0 Å². The Kier molecular flexibility index (Phi) is 3.65. The predicted molar refractivity (Wildman–Crippen MR) is 60.1 cm³/mol. The molecular formula is C12H18N2O3. The number of nitrogens with zero attached hydrogens (tertiary/aromatic N) is 2. The average Bonchev–Trinajstić information content (AvgIpc) is 2.73. The summed E-state index contributed by atoms with van der Waals surface area (Å²) in [4.78, 5) is 13.4. The Balaban J connectivity index is 1.96. The highest BCUT2D eigenvalue weighted by atomic mass is 16.5. The normalized spacial score (nSPS) is 32.7. The quantitative estimate of drug-likeness (QED) is 0.710. The zero-order valence-corrected chi connectivity index (χ0v) is 10.1. The van der Waals surface area contributed by atoms with Crippen LogP contribution >= 0.6 is 0 Å². The Morgan fingerprint density at radius 3 is 3.24 bits per heavy atom. The van der Waals surface area contributed by atoms with Gasteiger partial charge in [-0.1, -0.05) is 0 Å². The Morgan fingerprint density at radius 1 is 1.71 bits per heavy atom. The van der Waals surface area contributed by atoms with Crippen molar-refractivity contribution >= 4 is 5.91 Å². The van der Waals surface area contributed by atoms with Crippen molar-refractivity contribution in [2.45, 2.75) is 37.4 Å². The number of likely N-dealkylation sites (tertiary alicyclic amines) is 1. The summed E-state index contributed by atoms with van der Waals surface area (Å²) >= 11 is 0. The molecule has 0 radical (unpaired) electrons. The smallest absolute Gasteiger partial charge is 0.236 e. The molecule has 0 bridgehead atoms. The summed E-state index contributed by atoms with van der Waals surface area (Å²) in [6.45, 7) is 1.99. The molecule has 0 aliphatic carbocycles. The fraction of sp³-hybridized carbons (Fsp3) is 0.833. The number of rotatable bonds is 2. The van der Waals surface area contributed by atoms with Crippen molar-refractivity contribution in [3.63, 3.8) is 0 Å². The highest BCUT2D eigenvalue weighted by molar-refractivity contribution is 5.78. The summed E-state index contributed by atoms with van der Waals surface area (Å²) < 4.78 is 11.2. The van der Waals surface area contributed by atoms with Gasteiger partial charge in [0.25, 0.3) is 0 Å².